The molecule has 2 amide bonds. The van der Waals surface area contributed by atoms with Gasteiger partial charge < -0.3 is 15.4 Å². The highest BCUT2D eigenvalue weighted by molar-refractivity contribution is 7.12. The lowest BCUT2D eigenvalue weighted by Gasteiger charge is -2.13. The highest BCUT2D eigenvalue weighted by Crippen LogP contribution is 2.15. The molecule has 2 aromatic rings. The molecule has 0 spiro atoms. The molecule has 0 radical (unpaired) electrons. The van der Waals surface area contributed by atoms with E-state index in [1.807, 2.05) is 12.3 Å². The molecule has 6 nitrogen and oxygen atoms in total. The normalized spacial score (nSPS) is 11.4. The van der Waals surface area contributed by atoms with E-state index in [1.165, 1.54) is 18.3 Å². The first-order chi connectivity index (χ1) is 12.0. The average Bonchev–Trinajstić information content (AvgIpc) is 3.14. The molecule has 1 aromatic carbocycles. The number of thiophene rings is 1. The van der Waals surface area contributed by atoms with Crippen LogP contribution in [0, 0.1) is 0 Å². The summed E-state index contributed by atoms with van der Waals surface area (Å²) < 4.78 is 5.14. The number of benzene rings is 1. The maximum Gasteiger partial charge on any atom is 0.338 e. The molecule has 1 aromatic heterocycles. The quantitative estimate of drug-likeness (QED) is 0.743. The number of carbonyl (C=O) groups is 3. The molecule has 0 fully saturated rings. The van der Waals surface area contributed by atoms with Gasteiger partial charge in [0.25, 0.3) is 11.8 Å². The summed E-state index contributed by atoms with van der Waals surface area (Å²) in [5.41, 5.74) is 0.882. The Morgan fingerprint density at radius 1 is 1.16 bits per heavy atom. The monoisotopic (exact) mass is 360 g/mol. The Labute approximate surface area is 150 Å². The molecule has 2 rings (SSSR count). The lowest BCUT2D eigenvalue weighted by molar-refractivity contribution is -0.129. The third kappa shape index (κ3) is 5.42. The van der Waals surface area contributed by atoms with E-state index in [2.05, 4.69) is 10.6 Å². The summed E-state index contributed by atoms with van der Waals surface area (Å²) in [6, 6.07) is 9.85. The topological polar surface area (TPSA) is 84.5 Å². The van der Waals surface area contributed by atoms with E-state index in [9.17, 15) is 14.4 Å². The molecule has 2 N–H and O–H groups in total. The van der Waals surface area contributed by atoms with Crippen LogP contribution < -0.4 is 10.6 Å². The number of esters is 1. The minimum Gasteiger partial charge on any atom is -0.449 e. The highest BCUT2D eigenvalue weighted by Gasteiger charge is 2.18. The van der Waals surface area contributed by atoms with Crippen molar-refractivity contribution in [3.05, 3.63) is 52.2 Å². The van der Waals surface area contributed by atoms with Crippen LogP contribution in [0.3, 0.4) is 0 Å². The molecule has 0 bridgehead atoms. The van der Waals surface area contributed by atoms with E-state index in [-0.39, 0.29) is 11.8 Å². The molecule has 0 saturated carbocycles. The fourth-order valence-corrected chi connectivity index (χ4v) is 2.58. The summed E-state index contributed by atoms with van der Waals surface area (Å²) >= 11 is 1.35. The minimum absolute atomic E-state index is 0.202. The Kier molecular flexibility index (Phi) is 6.71. The van der Waals surface area contributed by atoms with E-state index >= 15 is 0 Å². The maximum absolute atomic E-state index is 12.1. The van der Waals surface area contributed by atoms with Gasteiger partial charge in [-0.15, -0.1) is 11.3 Å². The van der Waals surface area contributed by atoms with Crippen LogP contribution in [0.2, 0.25) is 0 Å². The fraction of sp³-hybridized carbons (Fsp3) is 0.278. The molecular formula is C18H20N2O4S. The Morgan fingerprint density at radius 3 is 2.48 bits per heavy atom. The second kappa shape index (κ2) is 8.98. The van der Waals surface area contributed by atoms with Gasteiger partial charge in [-0.3, -0.25) is 9.59 Å². The van der Waals surface area contributed by atoms with E-state index < -0.39 is 12.1 Å². The van der Waals surface area contributed by atoms with Crippen molar-refractivity contribution in [2.45, 2.75) is 26.4 Å². The number of ether oxygens (including phenoxy) is 1. The number of carbonyl (C=O) groups excluding carboxylic acids is 3. The molecule has 0 aliphatic rings. The first kappa shape index (κ1) is 18.7. The summed E-state index contributed by atoms with van der Waals surface area (Å²) in [7, 11) is 0. The Hall–Kier alpha value is -2.67. The second-order valence-electron chi connectivity index (χ2n) is 5.35. The van der Waals surface area contributed by atoms with Crippen molar-refractivity contribution in [1.82, 2.24) is 5.32 Å². The molecule has 0 aliphatic carbocycles. The van der Waals surface area contributed by atoms with Crippen LogP contribution in [-0.2, 0) is 9.53 Å². The number of anilines is 1. The van der Waals surface area contributed by atoms with Gasteiger partial charge >= 0.3 is 5.97 Å². The molecule has 1 atom stereocenters. The Bertz CT molecular complexity index is 726. The van der Waals surface area contributed by atoms with Gasteiger partial charge in [-0.1, -0.05) is 13.0 Å². The fourth-order valence-electron chi connectivity index (χ4n) is 1.96. The third-order valence-corrected chi connectivity index (χ3v) is 4.19. The van der Waals surface area contributed by atoms with E-state index in [4.69, 9.17) is 4.74 Å². The van der Waals surface area contributed by atoms with Crippen LogP contribution in [0.5, 0.6) is 0 Å². The number of hydrogen-bond acceptors (Lipinski definition) is 5. The van der Waals surface area contributed by atoms with Crippen molar-refractivity contribution >= 4 is 34.8 Å². The van der Waals surface area contributed by atoms with Crippen LogP contribution >= 0.6 is 11.3 Å². The second-order valence-corrected chi connectivity index (χ2v) is 6.30. The van der Waals surface area contributed by atoms with Gasteiger partial charge in [0.1, 0.15) is 0 Å². The third-order valence-electron chi connectivity index (χ3n) is 3.33. The smallest absolute Gasteiger partial charge is 0.338 e. The predicted molar refractivity (Wildman–Crippen MR) is 96.9 cm³/mol. The lowest BCUT2D eigenvalue weighted by Crippen LogP contribution is -2.36. The first-order valence-corrected chi connectivity index (χ1v) is 8.83. The molecular weight excluding hydrogens is 340 g/mol. The van der Waals surface area contributed by atoms with Gasteiger partial charge in [-0.2, -0.15) is 0 Å². The molecule has 0 unspecified atom stereocenters. The minimum atomic E-state index is -0.864. The largest absolute Gasteiger partial charge is 0.449 e. The predicted octanol–water partition coefficient (Wildman–Crippen LogP) is 3.07. The maximum atomic E-state index is 12.1. The average molecular weight is 360 g/mol. The van der Waals surface area contributed by atoms with E-state index in [1.54, 1.807) is 36.4 Å². The lowest BCUT2D eigenvalue weighted by atomic mass is 10.2. The van der Waals surface area contributed by atoms with Crippen molar-refractivity contribution < 1.29 is 19.1 Å². The van der Waals surface area contributed by atoms with Gasteiger partial charge in [-0.05, 0) is 49.1 Å². The Balaban J connectivity index is 1.91. The Morgan fingerprint density at radius 2 is 1.88 bits per heavy atom. The van der Waals surface area contributed by atoms with Gasteiger partial charge in [0.15, 0.2) is 6.10 Å². The van der Waals surface area contributed by atoms with Crippen LogP contribution in [0.1, 0.15) is 40.3 Å². The number of hydrogen-bond donors (Lipinski definition) is 2. The van der Waals surface area contributed by atoms with Crippen molar-refractivity contribution in [2.75, 3.05) is 11.9 Å². The SMILES string of the molecule is CCCNC(=O)[C@H](C)OC(=O)c1ccc(NC(=O)c2cccs2)cc1. The zero-order valence-electron chi connectivity index (χ0n) is 14.1. The first-order valence-electron chi connectivity index (χ1n) is 7.95. The van der Waals surface area contributed by atoms with E-state index in [0.717, 1.165) is 6.42 Å². The zero-order valence-corrected chi connectivity index (χ0v) is 14.9. The van der Waals surface area contributed by atoms with Gasteiger partial charge in [0, 0.05) is 12.2 Å². The molecule has 132 valence electrons. The van der Waals surface area contributed by atoms with Crippen LogP contribution in [0.25, 0.3) is 0 Å². The zero-order chi connectivity index (χ0) is 18.2. The summed E-state index contributed by atoms with van der Waals surface area (Å²) in [5.74, 6) is -1.11. The van der Waals surface area contributed by atoms with Crippen LogP contribution in [0.4, 0.5) is 5.69 Å². The number of nitrogens with one attached hydrogen (secondary N) is 2. The highest BCUT2D eigenvalue weighted by atomic mass is 32.1. The molecule has 25 heavy (non-hydrogen) atoms. The molecule has 0 saturated heterocycles. The summed E-state index contributed by atoms with van der Waals surface area (Å²) in [5, 5.41) is 7.24. The summed E-state index contributed by atoms with van der Waals surface area (Å²) in [6.45, 7) is 4.01. The van der Waals surface area contributed by atoms with Crippen molar-refractivity contribution in [3.8, 4) is 0 Å². The molecule has 0 aliphatic heterocycles. The van der Waals surface area contributed by atoms with Crippen LogP contribution in [0.15, 0.2) is 41.8 Å². The molecule has 7 heteroatoms. The molecule has 1 heterocycles. The standard InChI is InChI=1S/C18H20N2O4S/c1-3-10-19-16(21)12(2)24-18(23)13-6-8-14(9-7-13)20-17(22)15-5-4-11-25-15/h4-9,11-12H,3,10H2,1-2H3,(H,19,21)(H,20,22)/t12-/m0/s1. The van der Waals surface area contributed by atoms with Crippen molar-refractivity contribution in [2.24, 2.45) is 0 Å². The van der Waals surface area contributed by atoms with Gasteiger partial charge in [0.05, 0.1) is 10.4 Å². The van der Waals surface area contributed by atoms with E-state index in [0.29, 0.717) is 22.7 Å². The van der Waals surface area contributed by atoms with Gasteiger partial charge in [0.2, 0.25) is 0 Å². The van der Waals surface area contributed by atoms with Gasteiger partial charge in [-0.25, -0.2) is 4.79 Å². The summed E-state index contributed by atoms with van der Waals surface area (Å²) in [4.78, 5) is 36.4. The van der Waals surface area contributed by atoms with Crippen LogP contribution in [-0.4, -0.2) is 30.4 Å². The number of amides is 2. The van der Waals surface area contributed by atoms with Crippen molar-refractivity contribution in [3.63, 3.8) is 0 Å². The van der Waals surface area contributed by atoms with Crippen molar-refractivity contribution in [1.29, 1.82) is 0 Å². The summed E-state index contributed by atoms with van der Waals surface area (Å²) in [6.07, 6.45) is -0.0531. The number of rotatable bonds is 7.